The summed E-state index contributed by atoms with van der Waals surface area (Å²) < 4.78 is 40.7. The van der Waals surface area contributed by atoms with Gasteiger partial charge in [-0.05, 0) is 0 Å². The fourth-order valence-electron chi connectivity index (χ4n) is 0.782. The molecule has 0 amide bonds. The molecule has 5 nitrogen and oxygen atoms in total. The number of nitrogens with zero attached hydrogens (tertiary/aromatic N) is 2. The predicted octanol–water partition coefficient (Wildman–Crippen LogP) is 1.89. The highest BCUT2D eigenvalue weighted by Gasteiger charge is 2.34. The fraction of sp³-hybridized carbons (Fsp3) is 0.444. The van der Waals surface area contributed by atoms with Gasteiger partial charge in [0.05, 0.1) is 13.3 Å². The summed E-state index contributed by atoms with van der Waals surface area (Å²) in [6, 6.07) is 0. The van der Waals surface area contributed by atoms with Gasteiger partial charge in [-0.15, -0.1) is 0 Å². The zero-order valence-corrected chi connectivity index (χ0v) is 9.50. The number of carbonyl (C=O) groups excluding carboxylic acids is 1. The SMILES string of the molecule is CC.COC(=O)c1nc(C(F)(F)F)cnc1N. The van der Waals surface area contributed by atoms with E-state index in [1.807, 2.05) is 13.8 Å². The van der Waals surface area contributed by atoms with Crippen LogP contribution in [0.1, 0.15) is 30.0 Å². The van der Waals surface area contributed by atoms with Crippen molar-refractivity contribution in [1.29, 1.82) is 0 Å². The maximum atomic E-state index is 12.2. The van der Waals surface area contributed by atoms with E-state index in [1.165, 1.54) is 0 Å². The van der Waals surface area contributed by atoms with E-state index in [0.29, 0.717) is 6.20 Å². The largest absolute Gasteiger partial charge is 0.464 e. The van der Waals surface area contributed by atoms with Crippen LogP contribution in [0.25, 0.3) is 0 Å². The highest BCUT2D eigenvalue weighted by atomic mass is 19.4. The van der Waals surface area contributed by atoms with Gasteiger partial charge in [-0.2, -0.15) is 13.2 Å². The molecule has 0 aliphatic heterocycles. The van der Waals surface area contributed by atoms with Crippen molar-refractivity contribution >= 4 is 11.8 Å². The lowest BCUT2D eigenvalue weighted by atomic mass is 10.3. The zero-order valence-electron chi connectivity index (χ0n) is 9.50. The second-order valence-electron chi connectivity index (χ2n) is 2.48. The molecule has 1 aromatic heterocycles. The minimum absolute atomic E-state index is 0.408. The van der Waals surface area contributed by atoms with Gasteiger partial charge in [0.25, 0.3) is 0 Å². The molecule has 0 spiro atoms. The number of halogens is 3. The van der Waals surface area contributed by atoms with Gasteiger partial charge in [0, 0.05) is 0 Å². The Labute approximate surface area is 95.8 Å². The summed E-state index contributed by atoms with van der Waals surface area (Å²) in [5, 5.41) is 0. The number of methoxy groups -OCH3 is 1. The van der Waals surface area contributed by atoms with Gasteiger partial charge in [0.15, 0.2) is 17.2 Å². The third-order valence-electron chi connectivity index (χ3n) is 1.47. The van der Waals surface area contributed by atoms with Crippen LogP contribution in [0.4, 0.5) is 19.0 Å². The lowest BCUT2D eigenvalue weighted by molar-refractivity contribution is -0.141. The maximum absolute atomic E-state index is 12.2. The molecule has 0 aliphatic carbocycles. The average molecular weight is 251 g/mol. The number of nitrogen functional groups attached to an aromatic ring is 1. The number of alkyl halides is 3. The van der Waals surface area contributed by atoms with Crippen LogP contribution >= 0.6 is 0 Å². The summed E-state index contributed by atoms with van der Waals surface area (Å²) in [4.78, 5) is 17.2. The van der Waals surface area contributed by atoms with Gasteiger partial charge in [-0.25, -0.2) is 14.8 Å². The summed E-state index contributed by atoms with van der Waals surface area (Å²) in [5.74, 6) is -1.47. The number of anilines is 1. The van der Waals surface area contributed by atoms with Gasteiger partial charge in [0.2, 0.25) is 0 Å². The van der Waals surface area contributed by atoms with E-state index in [1.54, 1.807) is 0 Å². The van der Waals surface area contributed by atoms with Crippen LogP contribution in [0.15, 0.2) is 6.20 Å². The van der Waals surface area contributed by atoms with Gasteiger partial charge in [-0.3, -0.25) is 0 Å². The van der Waals surface area contributed by atoms with E-state index in [9.17, 15) is 18.0 Å². The molecule has 8 heteroatoms. The van der Waals surface area contributed by atoms with Crippen molar-refractivity contribution in [3.63, 3.8) is 0 Å². The Kier molecular flexibility index (Phi) is 5.36. The number of carbonyl (C=O) groups is 1. The molecule has 0 radical (unpaired) electrons. The molecule has 0 atom stereocenters. The number of rotatable bonds is 1. The van der Waals surface area contributed by atoms with Crippen molar-refractivity contribution in [2.45, 2.75) is 20.0 Å². The minimum atomic E-state index is -4.68. The molecular formula is C9H12F3N3O2. The van der Waals surface area contributed by atoms with Crippen LogP contribution in [0.3, 0.4) is 0 Å². The molecule has 0 aromatic carbocycles. The van der Waals surface area contributed by atoms with E-state index in [-0.39, 0.29) is 0 Å². The summed E-state index contributed by atoms with van der Waals surface area (Å²) in [7, 11) is 1.00. The number of ether oxygens (including phenoxy) is 1. The number of aromatic nitrogens is 2. The van der Waals surface area contributed by atoms with Crippen molar-refractivity contribution < 1.29 is 22.7 Å². The standard InChI is InChI=1S/C7H6F3N3O2.C2H6/c1-15-6(14)4-5(11)12-2-3(13-4)7(8,9)10;1-2/h2H,1H3,(H2,11,12);1-2H3. The molecule has 1 rings (SSSR count). The Morgan fingerprint density at radius 2 is 1.94 bits per heavy atom. The molecule has 0 saturated carbocycles. The van der Waals surface area contributed by atoms with Crippen molar-refractivity contribution in [3.8, 4) is 0 Å². The van der Waals surface area contributed by atoms with E-state index in [0.717, 1.165) is 7.11 Å². The number of nitrogens with two attached hydrogens (primary N) is 1. The first-order valence-electron chi connectivity index (χ1n) is 4.64. The third-order valence-corrected chi connectivity index (χ3v) is 1.47. The summed E-state index contributed by atoms with van der Waals surface area (Å²) in [6.07, 6.45) is -4.23. The van der Waals surface area contributed by atoms with Gasteiger partial charge in [0.1, 0.15) is 0 Å². The van der Waals surface area contributed by atoms with Crippen LogP contribution in [-0.2, 0) is 10.9 Å². The predicted molar refractivity (Wildman–Crippen MR) is 54.1 cm³/mol. The van der Waals surface area contributed by atoms with E-state index in [4.69, 9.17) is 5.73 Å². The lowest BCUT2D eigenvalue weighted by Gasteiger charge is -2.07. The molecule has 2 N–H and O–H groups in total. The highest BCUT2D eigenvalue weighted by molar-refractivity contribution is 5.91. The Hall–Kier alpha value is -1.86. The molecule has 0 aliphatic rings. The first-order chi connectivity index (χ1) is 7.86. The van der Waals surface area contributed by atoms with Crippen molar-refractivity contribution in [2.24, 2.45) is 0 Å². The van der Waals surface area contributed by atoms with Crippen molar-refractivity contribution in [2.75, 3.05) is 12.8 Å². The molecule has 17 heavy (non-hydrogen) atoms. The maximum Gasteiger partial charge on any atom is 0.434 e. The number of esters is 1. The summed E-state index contributed by atoms with van der Waals surface area (Å²) in [6.45, 7) is 4.00. The normalized spacial score (nSPS) is 10.2. The minimum Gasteiger partial charge on any atom is -0.464 e. The van der Waals surface area contributed by atoms with Crippen molar-refractivity contribution in [3.05, 3.63) is 17.6 Å². The van der Waals surface area contributed by atoms with Crippen LogP contribution < -0.4 is 5.73 Å². The third kappa shape index (κ3) is 3.89. The quantitative estimate of drug-likeness (QED) is 0.771. The summed E-state index contributed by atoms with van der Waals surface area (Å²) in [5.41, 5.74) is 3.23. The van der Waals surface area contributed by atoms with Gasteiger partial charge in [-0.1, -0.05) is 13.8 Å². The molecular weight excluding hydrogens is 239 g/mol. The van der Waals surface area contributed by atoms with Gasteiger partial charge >= 0.3 is 12.1 Å². The van der Waals surface area contributed by atoms with Crippen LogP contribution in [0.5, 0.6) is 0 Å². The molecule has 0 saturated heterocycles. The highest BCUT2D eigenvalue weighted by Crippen LogP contribution is 2.27. The second-order valence-corrected chi connectivity index (χ2v) is 2.48. The van der Waals surface area contributed by atoms with E-state index < -0.39 is 29.4 Å². The van der Waals surface area contributed by atoms with E-state index >= 15 is 0 Å². The summed E-state index contributed by atoms with van der Waals surface area (Å²) >= 11 is 0. The zero-order chi connectivity index (χ0) is 13.6. The number of hydrogen-bond acceptors (Lipinski definition) is 5. The monoisotopic (exact) mass is 251 g/mol. The first kappa shape index (κ1) is 15.1. The van der Waals surface area contributed by atoms with Crippen molar-refractivity contribution in [1.82, 2.24) is 9.97 Å². The molecule has 1 heterocycles. The molecule has 96 valence electrons. The van der Waals surface area contributed by atoms with Gasteiger partial charge < -0.3 is 10.5 Å². The fourth-order valence-corrected chi connectivity index (χ4v) is 0.782. The molecule has 0 fully saturated rings. The van der Waals surface area contributed by atoms with E-state index in [2.05, 4.69) is 14.7 Å². The average Bonchev–Trinajstić information content (AvgIpc) is 2.30. The Bertz CT molecular complexity index is 394. The topological polar surface area (TPSA) is 78.1 Å². The molecule has 0 unspecified atom stereocenters. The number of hydrogen-bond donors (Lipinski definition) is 1. The Balaban J connectivity index is 0.00000121. The second kappa shape index (κ2) is 6.02. The van der Waals surface area contributed by atoms with Crippen LogP contribution in [0.2, 0.25) is 0 Å². The smallest absolute Gasteiger partial charge is 0.434 e. The lowest BCUT2D eigenvalue weighted by Crippen LogP contribution is -2.16. The van der Waals surface area contributed by atoms with Crippen LogP contribution in [-0.4, -0.2) is 23.0 Å². The Morgan fingerprint density at radius 1 is 1.41 bits per heavy atom. The molecule has 1 aromatic rings. The Morgan fingerprint density at radius 3 is 2.35 bits per heavy atom. The van der Waals surface area contributed by atoms with Crippen LogP contribution in [0, 0.1) is 0 Å². The molecule has 0 bridgehead atoms. The first-order valence-corrected chi connectivity index (χ1v) is 4.64.